The molecule has 1 fully saturated rings. The predicted molar refractivity (Wildman–Crippen MR) is 91.5 cm³/mol. The molecule has 1 saturated heterocycles. The topological polar surface area (TPSA) is 47.3 Å². The van der Waals surface area contributed by atoms with Gasteiger partial charge in [0.05, 0.1) is 17.7 Å². The van der Waals surface area contributed by atoms with Gasteiger partial charge in [-0.15, -0.1) is 0 Å². The van der Waals surface area contributed by atoms with Crippen LogP contribution < -0.4 is 0 Å². The van der Waals surface area contributed by atoms with Crippen molar-refractivity contribution < 1.29 is 13.9 Å². The summed E-state index contributed by atoms with van der Waals surface area (Å²) in [5.74, 6) is -0.938. The van der Waals surface area contributed by atoms with E-state index in [0.717, 1.165) is 17.7 Å². The molecule has 1 aliphatic heterocycles. The molecule has 128 valence electrons. The average Bonchev–Trinajstić information content (AvgIpc) is 2.98. The SMILES string of the molecule is N#Cc1ccc(/C=C/CN2CC(O)CC2c2cc(F)ccc2F)cc1. The first-order valence-electron chi connectivity index (χ1n) is 8.10. The molecule has 25 heavy (non-hydrogen) atoms. The van der Waals surface area contributed by atoms with Crippen LogP contribution in [0.3, 0.4) is 0 Å². The van der Waals surface area contributed by atoms with E-state index in [9.17, 15) is 13.9 Å². The molecule has 0 amide bonds. The fourth-order valence-electron chi connectivity index (χ4n) is 3.17. The third-order valence-electron chi connectivity index (χ3n) is 4.39. The molecule has 3 rings (SSSR count). The smallest absolute Gasteiger partial charge is 0.128 e. The van der Waals surface area contributed by atoms with Crippen molar-refractivity contribution in [2.24, 2.45) is 0 Å². The minimum atomic E-state index is -0.559. The summed E-state index contributed by atoms with van der Waals surface area (Å²) in [5.41, 5.74) is 1.83. The highest BCUT2D eigenvalue weighted by Crippen LogP contribution is 2.33. The van der Waals surface area contributed by atoms with Gasteiger partial charge in [-0.05, 0) is 42.3 Å². The predicted octanol–water partition coefficient (Wildman–Crippen LogP) is 3.66. The molecule has 0 radical (unpaired) electrons. The normalized spacial score (nSPS) is 20.9. The Labute approximate surface area is 145 Å². The highest BCUT2D eigenvalue weighted by Gasteiger charge is 2.33. The number of β-amino-alcohol motifs (C(OH)–C–C–N with tert-alkyl or cyclic N) is 1. The van der Waals surface area contributed by atoms with E-state index in [2.05, 4.69) is 6.07 Å². The number of aliphatic hydroxyl groups excluding tert-OH is 1. The van der Waals surface area contributed by atoms with E-state index < -0.39 is 17.7 Å². The maximum Gasteiger partial charge on any atom is 0.128 e. The minimum Gasteiger partial charge on any atom is -0.392 e. The summed E-state index contributed by atoms with van der Waals surface area (Å²) in [4.78, 5) is 1.93. The van der Waals surface area contributed by atoms with Crippen molar-refractivity contribution in [3.8, 4) is 6.07 Å². The Kier molecular flexibility index (Phi) is 5.22. The molecular formula is C20H18F2N2O. The molecular weight excluding hydrogens is 322 g/mol. The van der Waals surface area contributed by atoms with Crippen molar-refractivity contribution in [1.82, 2.24) is 4.90 Å². The lowest BCUT2D eigenvalue weighted by Gasteiger charge is -2.23. The number of nitriles is 1. The van der Waals surface area contributed by atoms with Crippen LogP contribution in [0.1, 0.15) is 29.2 Å². The number of rotatable bonds is 4. The van der Waals surface area contributed by atoms with E-state index >= 15 is 0 Å². The van der Waals surface area contributed by atoms with Crippen molar-refractivity contribution in [3.63, 3.8) is 0 Å². The van der Waals surface area contributed by atoms with Gasteiger partial charge >= 0.3 is 0 Å². The maximum atomic E-state index is 14.1. The molecule has 0 aromatic heterocycles. The Morgan fingerprint density at radius 2 is 1.96 bits per heavy atom. The monoisotopic (exact) mass is 340 g/mol. The third-order valence-corrected chi connectivity index (χ3v) is 4.39. The minimum absolute atomic E-state index is 0.281. The zero-order chi connectivity index (χ0) is 17.8. The molecule has 2 unspecified atom stereocenters. The van der Waals surface area contributed by atoms with Gasteiger partial charge in [0.2, 0.25) is 0 Å². The Balaban J connectivity index is 1.72. The Hall–Kier alpha value is -2.55. The molecule has 2 atom stereocenters. The number of hydrogen-bond donors (Lipinski definition) is 1. The van der Waals surface area contributed by atoms with Crippen LogP contribution in [-0.4, -0.2) is 29.2 Å². The van der Waals surface area contributed by atoms with Crippen molar-refractivity contribution >= 4 is 6.08 Å². The molecule has 2 aromatic rings. The van der Waals surface area contributed by atoms with Gasteiger partial charge in [0, 0.05) is 24.7 Å². The lowest BCUT2D eigenvalue weighted by atomic mass is 10.0. The van der Waals surface area contributed by atoms with Gasteiger partial charge < -0.3 is 5.11 Å². The van der Waals surface area contributed by atoms with Crippen molar-refractivity contribution in [2.75, 3.05) is 13.1 Å². The molecule has 1 heterocycles. The van der Waals surface area contributed by atoms with Crippen LogP contribution in [0.4, 0.5) is 8.78 Å². The van der Waals surface area contributed by atoms with E-state index in [4.69, 9.17) is 5.26 Å². The first kappa shape index (κ1) is 17.3. The Bertz CT molecular complexity index is 811. The van der Waals surface area contributed by atoms with E-state index in [1.54, 1.807) is 12.1 Å². The van der Waals surface area contributed by atoms with E-state index in [1.807, 2.05) is 29.2 Å². The van der Waals surface area contributed by atoms with Gasteiger partial charge in [-0.25, -0.2) is 8.78 Å². The van der Waals surface area contributed by atoms with Crippen LogP contribution >= 0.6 is 0 Å². The quantitative estimate of drug-likeness (QED) is 0.924. The second-order valence-corrected chi connectivity index (χ2v) is 6.16. The van der Waals surface area contributed by atoms with E-state index in [1.165, 1.54) is 6.07 Å². The maximum absolute atomic E-state index is 14.1. The Morgan fingerprint density at radius 1 is 1.20 bits per heavy atom. The van der Waals surface area contributed by atoms with Crippen LogP contribution in [0.25, 0.3) is 6.08 Å². The van der Waals surface area contributed by atoms with Gasteiger partial charge in [0.15, 0.2) is 0 Å². The van der Waals surface area contributed by atoms with E-state index in [-0.39, 0.29) is 11.6 Å². The number of nitrogens with zero attached hydrogens (tertiary/aromatic N) is 2. The summed E-state index contributed by atoms with van der Waals surface area (Å²) in [6, 6.07) is 12.3. The highest BCUT2D eigenvalue weighted by molar-refractivity contribution is 5.51. The summed E-state index contributed by atoms with van der Waals surface area (Å²) < 4.78 is 27.5. The fourth-order valence-corrected chi connectivity index (χ4v) is 3.17. The first-order chi connectivity index (χ1) is 12.1. The summed E-state index contributed by atoms with van der Waals surface area (Å²) >= 11 is 0. The summed E-state index contributed by atoms with van der Waals surface area (Å²) in [5, 5.41) is 18.7. The van der Waals surface area contributed by atoms with Crippen LogP contribution in [0, 0.1) is 23.0 Å². The number of hydrogen-bond acceptors (Lipinski definition) is 3. The molecule has 0 bridgehead atoms. The molecule has 0 aliphatic carbocycles. The van der Waals surface area contributed by atoms with Crippen LogP contribution in [0.5, 0.6) is 0 Å². The largest absolute Gasteiger partial charge is 0.392 e. The van der Waals surface area contributed by atoms with Crippen molar-refractivity contribution in [1.29, 1.82) is 5.26 Å². The van der Waals surface area contributed by atoms with Crippen LogP contribution in [-0.2, 0) is 0 Å². The number of likely N-dealkylation sites (tertiary alicyclic amines) is 1. The second kappa shape index (κ2) is 7.56. The summed E-state index contributed by atoms with van der Waals surface area (Å²) in [6.07, 6.45) is 3.65. The van der Waals surface area contributed by atoms with Crippen molar-refractivity contribution in [3.05, 3.63) is 76.9 Å². The molecule has 3 nitrogen and oxygen atoms in total. The number of aliphatic hydroxyl groups is 1. The average molecular weight is 340 g/mol. The number of benzene rings is 2. The van der Waals surface area contributed by atoms with Crippen LogP contribution in [0.2, 0.25) is 0 Å². The highest BCUT2D eigenvalue weighted by atomic mass is 19.1. The zero-order valence-electron chi connectivity index (χ0n) is 13.6. The lowest BCUT2D eigenvalue weighted by Crippen LogP contribution is -2.25. The standard InChI is InChI=1S/C20H18F2N2O/c21-16-7-8-19(22)18(10-16)20-11-17(25)13-24(20)9-1-2-14-3-5-15(12-23)6-4-14/h1-8,10,17,20,25H,9,11,13H2/b2-1+. The number of halogens is 2. The molecule has 5 heteroatoms. The molecule has 0 saturated carbocycles. The molecule has 0 spiro atoms. The van der Waals surface area contributed by atoms with Gasteiger partial charge in [-0.1, -0.05) is 24.3 Å². The molecule has 2 aromatic carbocycles. The summed E-state index contributed by atoms with van der Waals surface area (Å²) in [7, 11) is 0. The molecule has 1 aliphatic rings. The molecule has 1 N–H and O–H groups in total. The van der Waals surface area contributed by atoms with Gasteiger partial charge in [-0.3, -0.25) is 4.90 Å². The Morgan fingerprint density at radius 3 is 2.68 bits per heavy atom. The van der Waals surface area contributed by atoms with Gasteiger partial charge in [-0.2, -0.15) is 5.26 Å². The zero-order valence-corrected chi connectivity index (χ0v) is 13.6. The first-order valence-corrected chi connectivity index (χ1v) is 8.10. The van der Waals surface area contributed by atoms with Gasteiger partial charge in [0.25, 0.3) is 0 Å². The van der Waals surface area contributed by atoms with Gasteiger partial charge in [0.1, 0.15) is 11.6 Å². The van der Waals surface area contributed by atoms with E-state index in [0.29, 0.717) is 25.1 Å². The third kappa shape index (κ3) is 4.11. The second-order valence-electron chi connectivity index (χ2n) is 6.16. The van der Waals surface area contributed by atoms with Crippen LogP contribution in [0.15, 0.2) is 48.5 Å². The summed E-state index contributed by atoms with van der Waals surface area (Å²) in [6.45, 7) is 0.927. The lowest BCUT2D eigenvalue weighted by molar-refractivity contribution is 0.179. The fraction of sp³-hybridized carbons (Fsp3) is 0.250. The van der Waals surface area contributed by atoms with Crippen molar-refractivity contribution in [2.45, 2.75) is 18.6 Å².